The number of methoxy groups -OCH3 is 1. The number of aryl methyl sites for hydroxylation is 1. The van der Waals surface area contributed by atoms with Crippen molar-refractivity contribution in [1.82, 2.24) is 0 Å². The maximum Gasteiger partial charge on any atom is 0.344 e. The number of hydrogen-bond donors (Lipinski definition) is 0. The highest BCUT2D eigenvalue weighted by molar-refractivity contribution is 7.98. The molecular formula is C23H20O4S. The van der Waals surface area contributed by atoms with E-state index in [2.05, 4.69) is 0 Å². The molecule has 142 valence electrons. The van der Waals surface area contributed by atoms with E-state index in [4.69, 9.17) is 13.9 Å². The van der Waals surface area contributed by atoms with Gasteiger partial charge in [-0.1, -0.05) is 35.9 Å². The van der Waals surface area contributed by atoms with E-state index < -0.39 is 0 Å². The molecule has 4 nitrogen and oxygen atoms in total. The third-order valence-electron chi connectivity index (χ3n) is 4.72. The molecule has 0 saturated carbocycles. The summed E-state index contributed by atoms with van der Waals surface area (Å²) in [5, 5.41) is 2.23. The van der Waals surface area contributed by atoms with Gasteiger partial charge in [0.2, 0.25) is 0 Å². The Balaban J connectivity index is 1.79. The fourth-order valence-electron chi connectivity index (χ4n) is 3.16. The first-order valence-corrected chi connectivity index (χ1v) is 10.1. The van der Waals surface area contributed by atoms with E-state index in [9.17, 15) is 4.79 Å². The molecule has 5 heteroatoms. The summed E-state index contributed by atoms with van der Waals surface area (Å²) in [4.78, 5) is 13.5. The van der Waals surface area contributed by atoms with E-state index in [1.807, 2.05) is 61.7 Å². The van der Waals surface area contributed by atoms with Gasteiger partial charge in [0.25, 0.3) is 0 Å². The highest BCUT2D eigenvalue weighted by Crippen LogP contribution is 2.36. The SMILES string of the molecule is COc1cc2c(cc1OCc1ccc(C)cc1)oc(=O)c1cc(SC)ccc12. The maximum atomic E-state index is 12.5. The highest BCUT2D eigenvalue weighted by atomic mass is 32.2. The minimum Gasteiger partial charge on any atom is -0.493 e. The molecule has 0 radical (unpaired) electrons. The maximum absolute atomic E-state index is 12.5. The fourth-order valence-corrected chi connectivity index (χ4v) is 3.60. The summed E-state index contributed by atoms with van der Waals surface area (Å²) < 4.78 is 17.1. The molecule has 0 spiro atoms. The van der Waals surface area contributed by atoms with Crippen molar-refractivity contribution in [2.75, 3.05) is 13.4 Å². The molecule has 3 aromatic carbocycles. The summed E-state index contributed by atoms with van der Waals surface area (Å²) in [6, 6.07) is 17.6. The van der Waals surface area contributed by atoms with Crippen LogP contribution in [0.25, 0.3) is 21.7 Å². The molecule has 0 fully saturated rings. The van der Waals surface area contributed by atoms with E-state index in [-0.39, 0.29) is 5.63 Å². The molecule has 0 unspecified atom stereocenters. The van der Waals surface area contributed by atoms with Gasteiger partial charge >= 0.3 is 5.63 Å². The monoisotopic (exact) mass is 392 g/mol. The van der Waals surface area contributed by atoms with Gasteiger partial charge in [-0.2, -0.15) is 0 Å². The summed E-state index contributed by atoms with van der Waals surface area (Å²) in [6.45, 7) is 2.45. The van der Waals surface area contributed by atoms with Gasteiger partial charge in [0.15, 0.2) is 11.5 Å². The number of thioether (sulfide) groups is 1. The van der Waals surface area contributed by atoms with Crippen LogP contribution >= 0.6 is 11.8 Å². The van der Waals surface area contributed by atoms with Crippen LogP contribution in [0, 0.1) is 6.92 Å². The molecule has 0 aliphatic heterocycles. The first-order chi connectivity index (χ1) is 13.6. The topological polar surface area (TPSA) is 48.7 Å². The zero-order valence-corrected chi connectivity index (χ0v) is 16.8. The quantitative estimate of drug-likeness (QED) is 0.253. The van der Waals surface area contributed by atoms with Gasteiger partial charge in [0.05, 0.1) is 12.5 Å². The van der Waals surface area contributed by atoms with E-state index >= 15 is 0 Å². The minimum atomic E-state index is -0.354. The lowest BCUT2D eigenvalue weighted by Crippen LogP contribution is -2.02. The van der Waals surface area contributed by atoms with Crippen molar-refractivity contribution in [2.45, 2.75) is 18.4 Å². The Morgan fingerprint density at radius 2 is 1.71 bits per heavy atom. The molecule has 0 atom stereocenters. The van der Waals surface area contributed by atoms with Crippen molar-refractivity contribution in [2.24, 2.45) is 0 Å². The second-order valence-corrected chi connectivity index (χ2v) is 7.45. The largest absolute Gasteiger partial charge is 0.493 e. The molecule has 4 aromatic rings. The zero-order valence-electron chi connectivity index (χ0n) is 15.9. The van der Waals surface area contributed by atoms with Crippen molar-refractivity contribution in [1.29, 1.82) is 0 Å². The van der Waals surface area contributed by atoms with Crippen molar-refractivity contribution < 1.29 is 13.9 Å². The van der Waals surface area contributed by atoms with Crippen LogP contribution in [-0.4, -0.2) is 13.4 Å². The Kier molecular flexibility index (Phi) is 5.01. The summed E-state index contributed by atoms with van der Waals surface area (Å²) in [7, 11) is 1.60. The number of fused-ring (bicyclic) bond motifs is 3. The molecule has 0 aliphatic rings. The number of ether oxygens (including phenoxy) is 2. The first-order valence-electron chi connectivity index (χ1n) is 8.90. The van der Waals surface area contributed by atoms with Crippen molar-refractivity contribution >= 4 is 33.5 Å². The Hall–Kier alpha value is -2.92. The van der Waals surface area contributed by atoms with Crippen LogP contribution in [0.2, 0.25) is 0 Å². The number of benzene rings is 3. The second kappa shape index (κ2) is 7.60. The summed E-state index contributed by atoms with van der Waals surface area (Å²) in [5.74, 6) is 1.14. The normalized spacial score (nSPS) is 11.1. The van der Waals surface area contributed by atoms with Gasteiger partial charge < -0.3 is 13.9 Å². The van der Waals surface area contributed by atoms with Gasteiger partial charge in [0, 0.05) is 21.7 Å². The van der Waals surface area contributed by atoms with E-state index in [0.29, 0.717) is 29.1 Å². The molecule has 0 saturated heterocycles. The second-order valence-electron chi connectivity index (χ2n) is 6.57. The van der Waals surface area contributed by atoms with Crippen LogP contribution in [0.1, 0.15) is 11.1 Å². The van der Waals surface area contributed by atoms with Gasteiger partial charge in [-0.25, -0.2) is 4.79 Å². The van der Waals surface area contributed by atoms with E-state index in [1.54, 1.807) is 24.9 Å². The standard InChI is InChI=1S/C23H20O4S/c1-14-4-6-15(7-5-14)13-26-22-12-20-18(11-21(22)25-2)17-9-8-16(28-3)10-19(17)23(24)27-20/h4-12H,13H2,1-3H3. The number of rotatable bonds is 5. The zero-order chi connectivity index (χ0) is 19.7. The Bertz CT molecular complexity index is 1210. The lowest BCUT2D eigenvalue weighted by molar-refractivity contribution is 0.284. The summed E-state index contributed by atoms with van der Waals surface area (Å²) in [5.41, 5.74) is 2.38. The number of hydrogen-bond acceptors (Lipinski definition) is 5. The minimum absolute atomic E-state index is 0.354. The van der Waals surface area contributed by atoms with E-state index in [0.717, 1.165) is 21.2 Å². The lowest BCUT2D eigenvalue weighted by Gasteiger charge is -2.13. The molecule has 0 bridgehead atoms. The Morgan fingerprint density at radius 3 is 2.43 bits per heavy atom. The molecule has 0 amide bonds. The summed E-state index contributed by atoms with van der Waals surface area (Å²) >= 11 is 1.59. The van der Waals surface area contributed by atoms with Crippen LogP contribution in [0.5, 0.6) is 11.5 Å². The molecule has 0 N–H and O–H groups in total. The third kappa shape index (κ3) is 3.45. The van der Waals surface area contributed by atoms with Crippen LogP contribution in [0.4, 0.5) is 0 Å². The van der Waals surface area contributed by atoms with Crippen LogP contribution in [0.3, 0.4) is 0 Å². The van der Waals surface area contributed by atoms with Gasteiger partial charge in [-0.15, -0.1) is 11.8 Å². The summed E-state index contributed by atoms with van der Waals surface area (Å²) in [6.07, 6.45) is 1.98. The van der Waals surface area contributed by atoms with Gasteiger partial charge in [-0.3, -0.25) is 0 Å². The Labute approximate surface area is 167 Å². The third-order valence-corrected chi connectivity index (χ3v) is 5.45. The van der Waals surface area contributed by atoms with Crippen LogP contribution in [0.15, 0.2) is 68.7 Å². The smallest absolute Gasteiger partial charge is 0.344 e. The molecule has 4 rings (SSSR count). The average molecular weight is 392 g/mol. The Morgan fingerprint density at radius 1 is 0.929 bits per heavy atom. The molecule has 28 heavy (non-hydrogen) atoms. The first kappa shape index (κ1) is 18.4. The molecule has 1 heterocycles. The molecule has 1 aromatic heterocycles. The predicted molar refractivity (Wildman–Crippen MR) is 114 cm³/mol. The van der Waals surface area contributed by atoms with Crippen molar-refractivity contribution in [3.63, 3.8) is 0 Å². The van der Waals surface area contributed by atoms with Crippen LogP contribution in [-0.2, 0) is 6.61 Å². The lowest BCUT2D eigenvalue weighted by atomic mass is 10.1. The van der Waals surface area contributed by atoms with Crippen molar-refractivity contribution in [3.8, 4) is 11.5 Å². The van der Waals surface area contributed by atoms with Gasteiger partial charge in [0.1, 0.15) is 12.2 Å². The highest BCUT2D eigenvalue weighted by Gasteiger charge is 2.14. The van der Waals surface area contributed by atoms with Crippen molar-refractivity contribution in [3.05, 3.63) is 76.1 Å². The molecule has 0 aliphatic carbocycles. The molecular weight excluding hydrogens is 372 g/mol. The fraction of sp³-hybridized carbons (Fsp3) is 0.174. The van der Waals surface area contributed by atoms with Gasteiger partial charge in [-0.05, 0) is 36.9 Å². The average Bonchev–Trinajstić information content (AvgIpc) is 2.72. The van der Waals surface area contributed by atoms with E-state index in [1.165, 1.54) is 5.56 Å². The van der Waals surface area contributed by atoms with Crippen LogP contribution < -0.4 is 15.1 Å². The predicted octanol–water partition coefficient (Wildman–Crippen LogP) is 5.56.